The lowest BCUT2D eigenvalue weighted by molar-refractivity contribution is 0.356. The van der Waals surface area contributed by atoms with Crippen LogP contribution in [-0.2, 0) is 6.42 Å². The Bertz CT molecular complexity index is 595. The van der Waals surface area contributed by atoms with Crippen LogP contribution in [0.1, 0.15) is 5.56 Å². The molecule has 2 aromatic rings. The molecule has 1 aliphatic rings. The summed E-state index contributed by atoms with van der Waals surface area (Å²) in [4.78, 5) is 0. The van der Waals surface area contributed by atoms with Crippen molar-refractivity contribution in [3.05, 3.63) is 29.3 Å². The number of nitrogens with one attached hydrogen (secondary N) is 1. The van der Waals surface area contributed by atoms with Crippen molar-refractivity contribution >= 4 is 5.82 Å². The van der Waals surface area contributed by atoms with Gasteiger partial charge < -0.3 is 10.5 Å². The number of benzene rings is 1. The van der Waals surface area contributed by atoms with Gasteiger partial charge in [0, 0.05) is 24.1 Å². The quantitative estimate of drug-likeness (QED) is 0.795. The number of H-pyrrole nitrogens is 1. The third-order valence-corrected chi connectivity index (χ3v) is 2.75. The highest BCUT2D eigenvalue weighted by Gasteiger charge is 2.26. The van der Waals surface area contributed by atoms with Crippen LogP contribution in [0.15, 0.2) is 12.1 Å². The van der Waals surface area contributed by atoms with Crippen molar-refractivity contribution in [3.8, 4) is 17.0 Å². The smallest absolute Gasteiger partial charge is 0.145 e. The van der Waals surface area contributed by atoms with Crippen LogP contribution in [0.2, 0.25) is 0 Å². The van der Waals surface area contributed by atoms with Gasteiger partial charge in [0.25, 0.3) is 0 Å². The first-order valence-electron chi connectivity index (χ1n) is 5.11. The van der Waals surface area contributed by atoms with E-state index in [4.69, 9.17) is 10.5 Å². The zero-order valence-corrected chi connectivity index (χ0v) is 8.76. The highest BCUT2D eigenvalue weighted by atomic mass is 19.1. The number of aromatic nitrogens is 2. The Balaban J connectivity index is 2.26. The Kier molecular flexibility index (Phi) is 2.04. The molecule has 0 radical (unpaired) electrons. The van der Waals surface area contributed by atoms with Gasteiger partial charge in [0.1, 0.15) is 23.2 Å². The summed E-state index contributed by atoms with van der Waals surface area (Å²) >= 11 is 0. The van der Waals surface area contributed by atoms with E-state index >= 15 is 0 Å². The molecule has 4 nitrogen and oxygen atoms in total. The Morgan fingerprint density at radius 2 is 2.12 bits per heavy atom. The zero-order valence-electron chi connectivity index (χ0n) is 8.76. The lowest BCUT2D eigenvalue weighted by Crippen LogP contribution is -1.94. The molecule has 1 aliphatic heterocycles. The van der Waals surface area contributed by atoms with Gasteiger partial charge in [-0.2, -0.15) is 5.10 Å². The summed E-state index contributed by atoms with van der Waals surface area (Å²) in [5.41, 5.74) is 6.43. The molecule has 0 bridgehead atoms. The standard InChI is InChI=1S/C11H9F2N3O/c12-6-3-7(13)10(8-4-9(14)16-15-8)11-5(6)1-2-17-11/h3-4H,1-2H2,(H3,14,15,16). The van der Waals surface area contributed by atoms with E-state index in [9.17, 15) is 8.78 Å². The minimum atomic E-state index is -0.688. The van der Waals surface area contributed by atoms with Gasteiger partial charge in [0.05, 0.1) is 17.9 Å². The average Bonchev–Trinajstić information content (AvgIpc) is 2.87. The van der Waals surface area contributed by atoms with Crippen LogP contribution in [-0.4, -0.2) is 16.8 Å². The number of nitrogen functional groups attached to an aromatic ring is 1. The molecule has 0 unspecified atom stereocenters. The molecule has 17 heavy (non-hydrogen) atoms. The van der Waals surface area contributed by atoms with E-state index in [-0.39, 0.29) is 17.1 Å². The van der Waals surface area contributed by atoms with Crippen LogP contribution in [0.4, 0.5) is 14.6 Å². The van der Waals surface area contributed by atoms with Gasteiger partial charge in [0.15, 0.2) is 0 Å². The van der Waals surface area contributed by atoms with Gasteiger partial charge in [-0.3, -0.25) is 5.10 Å². The monoisotopic (exact) mass is 237 g/mol. The Morgan fingerprint density at radius 1 is 1.29 bits per heavy atom. The summed E-state index contributed by atoms with van der Waals surface area (Å²) in [5, 5.41) is 6.31. The molecular weight excluding hydrogens is 228 g/mol. The Morgan fingerprint density at radius 3 is 2.82 bits per heavy atom. The maximum atomic E-state index is 13.8. The summed E-state index contributed by atoms with van der Waals surface area (Å²) in [5.74, 6) is -0.778. The fourth-order valence-corrected chi connectivity index (χ4v) is 2.00. The summed E-state index contributed by atoms with van der Waals surface area (Å²) < 4.78 is 32.6. The molecule has 0 atom stereocenters. The number of hydrogen-bond donors (Lipinski definition) is 2. The summed E-state index contributed by atoms with van der Waals surface area (Å²) in [6.45, 7) is 0.353. The number of nitrogens with two attached hydrogens (primary N) is 1. The average molecular weight is 237 g/mol. The molecule has 0 spiro atoms. The number of anilines is 1. The van der Waals surface area contributed by atoms with E-state index in [0.29, 0.717) is 24.3 Å². The summed E-state index contributed by atoms with van der Waals surface area (Å²) in [7, 11) is 0. The zero-order chi connectivity index (χ0) is 12.0. The molecule has 1 aromatic carbocycles. The number of nitrogens with zero attached hydrogens (tertiary/aromatic N) is 1. The first-order chi connectivity index (χ1) is 8.16. The van der Waals surface area contributed by atoms with Gasteiger partial charge >= 0.3 is 0 Å². The highest BCUT2D eigenvalue weighted by Crippen LogP contribution is 2.39. The van der Waals surface area contributed by atoms with E-state index in [1.807, 2.05) is 0 Å². The van der Waals surface area contributed by atoms with Crippen molar-refractivity contribution in [1.29, 1.82) is 0 Å². The SMILES string of the molecule is Nc1cc(-c2c(F)cc(F)c3c2OCC3)[nH]n1. The second-order valence-corrected chi connectivity index (χ2v) is 3.83. The molecule has 0 amide bonds. The molecule has 1 aromatic heterocycles. The predicted molar refractivity (Wildman–Crippen MR) is 57.6 cm³/mol. The van der Waals surface area contributed by atoms with E-state index in [2.05, 4.69) is 10.2 Å². The van der Waals surface area contributed by atoms with Crippen molar-refractivity contribution in [2.75, 3.05) is 12.3 Å². The normalized spacial score (nSPS) is 13.5. The van der Waals surface area contributed by atoms with Crippen LogP contribution in [0.3, 0.4) is 0 Å². The largest absolute Gasteiger partial charge is 0.492 e. The number of halogens is 2. The first kappa shape index (κ1) is 10.1. The second kappa shape index (κ2) is 3.44. The minimum Gasteiger partial charge on any atom is -0.492 e. The van der Waals surface area contributed by atoms with Gasteiger partial charge in [-0.1, -0.05) is 0 Å². The minimum absolute atomic E-state index is 0.183. The maximum Gasteiger partial charge on any atom is 0.145 e. The van der Waals surface area contributed by atoms with E-state index in [0.717, 1.165) is 6.07 Å². The lowest BCUT2D eigenvalue weighted by atomic mass is 10.0. The maximum absolute atomic E-state index is 13.8. The van der Waals surface area contributed by atoms with Crippen molar-refractivity contribution in [2.45, 2.75) is 6.42 Å². The number of aromatic amines is 1. The molecular formula is C11H9F2N3O. The fraction of sp³-hybridized carbons (Fsp3) is 0.182. The molecule has 2 heterocycles. The van der Waals surface area contributed by atoms with E-state index in [1.165, 1.54) is 6.07 Å². The molecule has 0 saturated heterocycles. The Labute approximate surface area is 95.4 Å². The van der Waals surface area contributed by atoms with E-state index < -0.39 is 11.6 Å². The molecule has 0 fully saturated rings. The highest BCUT2D eigenvalue weighted by molar-refractivity contribution is 5.72. The molecule has 3 rings (SSSR count). The van der Waals surface area contributed by atoms with Gasteiger partial charge in [0.2, 0.25) is 0 Å². The van der Waals surface area contributed by atoms with Crippen LogP contribution >= 0.6 is 0 Å². The van der Waals surface area contributed by atoms with Crippen LogP contribution in [0, 0.1) is 11.6 Å². The number of fused-ring (bicyclic) bond motifs is 1. The summed E-state index contributed by atoms with van der Waals surface area (Å²) in [6.07, 6.45) is 0.443. The molecule has 6 heteroatoms. The van der Waals surface area contributed by atoms with E-state index in [1.54, 1.807) is 0 Å². The number of rotatable bonds is 1. The third-order valence-electron chi connectivity index (χ3n) is 2.75. The molecule has 3 N–H and O–H groups in total. The third kappa shape index (κ3) is 1.44. The topological polar surface area (TPSA) is 63.9 Å². The van der Waals surface area contributed by atoms with Gasteiger partial charge in [-0.25, -0.2) is 8.78 Å². The van der Waals surface area contributed by atoms with Crippen molar-refractivity contribution in [2.24, 2.45) is 0 Å². The second-order valence-electron chi connectivity index (χ2n) is 3.83. The number of ether oxygens (including phenoxy) is 1. The van der Waals surface area contributed by atoms with Gasteiger partial charge in [-0.05, 0) is 0 Å². The van der Waals surface area contributed by atoms with Crippen LogP contribution in [0.25, 0.3) is 11.3 Å². The summed E-state index contributed by atoms with van der Waals surface area (Å²) in [6, 6.07) is 2.35. The first-order valence-corrected chi connectivity index (χ1v) is 5.11. The lowest BCUT2D eigenvalue weighted by Gasteiger charge is -2.08. The molecule has 88 valence electrons. The van der Waals surface area contributed by atoms with Crippen molar-refractivity contribution in [3.63, 3.8) is 0 Å². The van der Waals surface area contributed by atoms with Crippen molar-refractivity contribution < 1.29 is 13.5 Å². The number of hydrogen-bond acceptors (Lipinski definition) is 3. The van der Waals surface area contributed by atoms with Crippen molar-refractivity contribution in [1.82, 2.24) is 10.2 Å². The predicted octanol–water partition coefficient (Wildman–Crippen LogP) is 1.87. The molecule has 0 aliphatic carbocycles. The van der Waals surface area contributed by atoms with Crippen LogP contribution in [0.5, 0.6) is 5.75 Å². The Hall–Kier alpha value is -2.11. The van der Waals surface area contributed by atoms with Crippen LogP contribution < -0.4 is 10.5 Å². The van der Waals surface area contributed by atoms with Gasteiger partial charge in [-0.15, -0.1) is 0 Å². The molecule has 0 saturated carbocycles. The fourth-order valence-electron chi connectivity index (χ4n) is 2.00.